The summed E-state index contributed by atoms with van der Waals surface area (Å²) in [6, 6.07) is 11.7. The zero-order valence-corrected chi connectivity index (χ0v) is 18.0. The Morgan fingerprint density at radius 2 is 1.48 bits per heavy atom. The average Bonchev–Trinajstić information content (AvgIpc) is 2.72. The predicted molar refractivity (Wildman–Crippen MR) is 112 cm³/mol. The van der Waals surface area contributed by atoms with E-state index in [-0.39, 0.29) is 27.3 Å². The van der Waals surface area contributed by atoms with Gasteiger partial charge in [0.15, 0.2) is 9.84 Å². The zero-order valence-electron chi connectivity index (χ0n) is 16.4. The van der Waals surface area contributed by atoms with E-state index in [9.17, 15) is 18.0 Å². The molecule has 3 rings (SSSR count). The molecule has 1 heterocycles. The van der Waals surface area contributed by atoms with Crippen molar-refractivity contribution in [3.05, 3.63) is 64.2 Å². The lowest BCUT2D eigenvalue weighted by atomic mass is 10.1. The Balaban J connectivity index is 1.69. The van der Waals surface area contributed by atoms with Gasteiger partial charge in [-0.05, 0) is 42.3 Å². The molecule has 1 fully saturated rings. The zero-order chi connectivity index (χ0) is 21.2. The van der Waals surface area contributed by atoms with E-state index in [4.69, 9.17) is 11.6 Å². The van der Waals surface area contributed by atoms with Gasteiger partial charge in [-0.15, -0.1) is 0 Å². The van der Waals surface area contributed by atoms with Gasteiger partial charge in [0, 0.05) is 38.0 Å². The number of carbonyl (C=O) groups is 2. The minimum Gasteiger partial charge on any atom is -0.335 e. The molecule has 0 radical (unpaired) electrons. The molecule has 6 nitrogen and oxygen atoms in total. The summed E-state index contributed by atoms with van der Waals surface area (Å²) >= 11 is 6.14. The molecule has 0 N–H and O–H groups in total. The van der Waals surface area contributed by atoms with Crippen LogP contribution in [-0.4, -0.2) is 62.5 Å². The van der Waals surface area contributed by atoms with Crippen molar-refractivity contribution >= 4 is 33.3 Å². The van der Waals surface area contributed by atoms with Crippen LogP contribution in [-0.2, 0) is 16.3 Å². The maximum absolute atomic E-state index is 12.9. The van der Waals surface area contributed by atoms with Crippen LogP contribution in [0.2, 0.25) is 5.02 Å². The van der Waals surface area contributed by atoms with Crippen LogP contribution in [0.3, 0.4) is 0 Å². The first kappa shape index (κ1) is 21.3. The molecule has 1 aliphatic heterocycles. The molecule has 29 heavy (non-hydrogen) atoms. The summed E-state index contributed by atoms with van der Waals surface area (Å²) in [5, 5.41) is 0.205. The first-order valence-electron chi connectivity index (χ1n) is 9.38. The molecular weight excluding hydrogens is 412 g/mol. The van der Waals surface area contributed by atoms with Gasteiger partial charge in [0.1, 0.15) is 0 Å². The van der Waals surface area contributed by atoms with Gasteiger partial charge >= 0.3 is 0 Å². The van der Waals surface area contributed by atoms with E-state index in [1.165, 1.54) is 23.8 Å². The number of halogens is 1. The van der Waals surface area contributed by atoms with Gasteiger partial charge < -0.3 is 9.80 Å². The fourth-order valence-electron chi connectivity index (χ4n) is 3.25. The molecule has 2 aromatic rings. The van der Waals surface area contributed by atoms with Crippen LogP contribution in [0.4, 0.5) is 0 Å². The molecule has 0 aliphatic carbocycles. The van der Waals surface area contributed by atoms with Gasteiger partial charge in [-0.2, -0.15) is 0 Å². The Bertz CT molecular complexity index is 1030. The first-order chi connectivity index (χ1) is 13.7. The molecule has 1 saturated heterocycles. The van der Waals surface area contributed by atoms with Crippen LogP contribution in [0.1, 0.15) is 33.2 Å². The van der Waals surface area contributed by atoms with Crippen LogP contribution in [0, 0.1) is 0 Å². The van der Waals surface area contributed by atoms with Crippen molar-refractivity contribution in [2.45, 2.75) is 18.2 Å². The summed E-state index contributed by atoms with van der Waals surface area (Å²) in [5.74, 6) is -0.392. The van der Waals surface area contributed by atoms with Crippen LogP contribution in [0.5, 0.6) is 0 Å². The van der Waals surface area contributed by atoms with Crippen molar-refractivity contribution in [3.8, 4) is 0 Å². The summed E-state index contributed by atoms with van der Waals surface area (Å²) in [6.45, 7) is 3.59. The number of aryl methyl sites for hydroxylation is 1. The largest absolute Gasteiger partial charge is 0.335 e. The molecule has 0 bridgehead atoms. The molecule has 0 aromatic heterocycles. The van der Waals surface area contributed by atoms with Crippen molar-refractivity contribution in [1.29, 1.82) is 0 Å². The lowest BCUT2D eigenvalue weighted by Gasteiger charge is -2.35. The highest BCUT2D eigenvalue weighted by atomic mass is 35.5. The number of amides is 2. The van der Waals surface area contributed by atoms with Gasteiger partial charge in [0.05, 0.1) is 15.5 Å². The van der Waals surface area contributed by atoms with Gasteiger partial charge in [0.2, 0.25) is 0 Å². The monoisotopic (exact) mass is 434 g/mol. The summed E-state index contributed by atoms with van der Waals surface area (Å²) in [6.07, 6.45) is 2.00. The highest BCUT2D eigenvalue weighted by Crippen LogP contribution is 2.23. The second-order valence-electron chi connectivity index (χ2n) is 7.05. The van der Waals surface area contributed by atoms with E-state index in [0.29, 0.717) is 31.7 Å². The van der Waals surface area contributed by atoms with Crippen LogP contribution in [0.25, 0.3) is 0 Å². The summed E-state index contributed by atoms with van der Waals surface area (Å²) in [5.41, 5.74) is 1.96. The molecule has 0 atom stereocenters. The number of benzene rings is 2. The number of sulfone groups is 1. The lowest BCUT2D eigenvalue weighted by molar-refractivity contribution is 0.0535. The number of nitrogens with zero attached hydrogens (tertiary/aromatic N) is 2. The van der Waals surface area contributed by atoms with Crippen molar-refractivity contribution in [1.82, 2.24) is 9.80 Å². The molecule has 0 spiro atoms. The molecule has 2 aromatic carbocycles. The maximum atomic E-state index is 12.9. The Morgan fingerprint density at radius 3 is 2.00 bits per heavy atom. The van der Waals surface area contributed by atoms with Crippen molar-refractivity contribution in [3.63, 3.8) is 0 Å². The highest BCUT2D eigenvalue weighted by molar-refractivity contribution is 7.90. The molecule has 8 heteroatoms. The Labute approximate surface area is 176 Å². The van der Waals surface area contributed by atoms with E-state index < -0.39 is 9.84 Å². The van der Waals surface area contributed by atoms with Crippen LogP contribution in [0.15, 0.2) is 47.4 Å². The molecule has 1 aliphatic rings. The van der Waals surface area contributed by atoms with E-state index in [1.54, 1.807) is 9.80 Å². The lowest BCUT2D eigenvalue weighted by Crippen LogP contribution is -2.50. The van der Waals surface area contributed by atoms with Gasteiger partial charge in [0.25, 0.3) is 11.8 Å². The number of rotatable bonds is 4. The third kappa shape index (κ3) is 4.79. The summed E-state index contributed by atoms with van der Waals surface area (Å²) < 4.78 is 23.6. The Hall–Kier alpha value is -2.38. The highest BCUT2D eigenvalue weighted by Gasteiger charge is 2.27. The molecular formula is C21H23ClN2O4S. The minimum atomic E-state index is -3.44. The van der Waals surface area contributed by atoms with Gasteiger partial charge in [-0.25, -0.2) is 8.42 Å². The van der Waals surface area contributed by atoms with Gasteiger partial charge in [-0.3, -0.25) is 9.59 Å². The first-order valence-corrected chi connectivity index (χ1v) is 11.6. The third-order valence-electron chi connectivity index (χ3n) is 5.06. The second kappa shape index (κ2) is 8.55. The quantitative estimate of drug-likeness (QED) is 0.741. The number of piperazine rings is 1. The average molecular weight is 435 g/mol. The Kier molecular flexibility index (Phi) is 6.29. The predicted octanol–water partition coefficient (Wildman–Crippen LogP) is 2.90. The fourth-order valence-corrected chi connectivity index (χ4v) is 4.09. The maximum Gasteiger partial charge on any atom is 0.255 e. The van der Waals surface area contributed by atoms with Gasteiger partial charge in [-0.1, -0.05) is 30.7 Å². The SMILES string of the molecule is CCc1ccc(C(=O)N2CCN(C(=O)c3cc(S(C)(=O)=O)ccc3Cl)CC2)cc1. The molecule has 2 amide bonds. The molecule has 0 saturated carbocycles. The molecule has 154 valence electrons. The number of hydrogen-bond donors (Lipinski definition) is 0. The van der Waals surface area contributed by atoms with Crippen LogP contribution < -0.4 is 0 Å². The van der Waals surface area contributed by atoms with Crippen molar-refractivity contribution in [2.75, 3.05) is 32.4 Å². The van der Waals surface area contributed by atoms with E-state index in [0.717, 1.165) is 12.7 Å². The van der Waals surface area contributed by atoms with E-state index in [2.05, 4.69) is 6.92 Å². The minimum absolute atomic E-state index is 0.0505. The van der Waals surface area contributed by atoms with Crippen molar-refractivity contribution < 1.29 is 18.0 Å². The normalized spacial score (nSPS) is 14.7. The third-order valence-corrected chi connectivity index (χ3v) is 6.50. The Morgan fingerprint density at radius 1 is 0.931 bits per heavy atom. The summed E-state index contributed by atoms with van der Waals surface area (Å²) in [7, 11) is -3.44. The number of hydrogen-bond acceptors (Lipinski definition) is 4. The van der Waals surface area contributed by atoms with E-state index in [1.807, 2.05) is 24.3 Å². The topological polar surface area (TPSA) is 74.8 Å². The smallest absolute Gasteiger partial charge is 0.255 e. The molecule has 0 unspecified atom stereocenters. The van der Waals surface area contributed by atoms with E-state index >= 15 is 0 Å². The standard InChI is InChI=1S/C21H23ClN2O4S/c1-3-15-4-6-16(7-5-15)20(25)23-10-12-24(13-11-23)21(26)18-14-17(29(2,27)28)8-9-19(18)22/h4-9,14H,3,10-13H2,1-2H3. The fraction of sp³-hybridized carbons (Fsp3) is 0.333. The summed E-state index contributed by atoms with van der Waals surface area (Å²) in [4.78, 5) is 28.9. The number of carbonyl (C=O) groups excluding carboxylic acids is 2. The van der Waals surface area contributed by atoms with Crippen LogP contribution >= 0.6 is 11.6 Å². The van der Waals surface area contributed by atoms with Crippen molar-refractivity contribution in [2.24, 2.45) is 0 Å². The second-order valence-corrected chi connectivity index (χ2v) is 9.47.